The number of likely N-dealkylation sites (tertiary alicyclic amines) is 1. The van der Waals surface area contributed by atoms with Gasteiger partial charge < -0.3 is 10.2 Å². The number of nitrogens with one attached hydrogen (secondary N) is 1. The maximum atomic E-state index is 5.01. The van der Waals surface area contributed by atoms with Crippen molar-refractivity contribution in [1.29, 1.82) is 0 Å². The first-order valence-corrected chi connectivity index (χ1v) is 9.15. The molecular weight excluding hydrogens is 274 g/mol. The predicted octanol–water partition coefficient (Wildman–Crippen LogP) is 0.930. The third kappa shape index (κ3) is 3.74. The van der Waals surface area contributed by atoms with Crippen molar-refractivity contribution in [2.45, 2.75) is 33.2 Å². The number of rotatable bonds is 3. The molecule has 0 radical (unpaired) electrons. The van der Waals surface area contributed by atoms with E-state index < -0.39 is 0 Å². The molecule has 0 spiro atoms. The Morgan fingerprint density at radius 1 is 1.05 bits per heavy atom. The first kappa shape index (κ1) is 16.1. The molecule has 5 heteroatoms. The molecule has 4 fully saturated rings. The average molecular weight is 307 g/mol. The third-order valence-electron chi connectivity index (χ3n) is 5.35. The second kappa shape index (κ2) is 7.18. The van der Waals surface area contributed by atoms with Gasteiger partial charge in [0.15, 0.2) is 5.96 Å². The molecule has 4 heterocycles. The van der Waals surface area contributed by atoms with Crippen LogP contribution in [0.15, 0.2) is 4.99 Å². The van der Waals surface area contributed by atoms with E-state index in [1.54, 1.807) is 0 Å². The number of piperidine rings is 1. The number of fused-ring (bicyclic) bond motifs is 3. The Bertz CT molecular complexity index is 379. The van der Waals surface area contributed by atoms with E-state index >= 15 is 0 Å². The van der Waals surface area contributed by atoms with Gasteiger partial charge in [0.25, 0.3) is 0 Å². The smallest absolute Gasteiger partial charge is 0.193 e. The Kier molecular flexibility index (Phi) is 5.24. The summed E-state index contributed by atoms with van der Waals surface area (Å²) in [5, 5.41) is 3.52. The van der Waals surface area contributed by atoms with Gasteiger partial charge in [0, 0.05) is 58.4 Å². The standard InChI is InChI=1S/C17H33N5/c1-4-18-17(22-11-14(2)9-15(3)12-22)19-10-16-13-20-5-7-21(16)8-6-20/h14-16H,4-13H2,1-3H3,(H,18,19). The normalized spacial score (nSPS) is 39.1. The highest BCUT2D eigenvalue weighted by atomic mass is 15.4. The lowest BCUT2D eigenvalue weighted by molar-refractivity contribution is 0.0173. The molecule has 1 N–H and O–H groups in total. The van der Waals surface area contributed by atoms with Crippen molar-refractivity contribution in [3.05, 3.63) is 0 Å². The van der Waals surface area contributed by atoms with Gasteiger partial charge in [0.05, 0.1) is 6.54 Å². The molecular formula is C17H33N5. The number of hydrogen-bond acceptors (Lipinski definition) is 3. The van der Waals surface area contributed by atoms with Crippen molar-refractivity contribution in [2.24, 2.45) is 16.8 Å². The topological polar surface area (TPSA) is 34.1 Å². The van der Waals surface area contributed by atoms with Crippen LogP contribution in [-0.2, 0) is 0 Å². The monoisotopic (exact) mass is 307 g/mol. The Morgan fingerprint density at radius 2 is 1.73 bits per heavy atom. The number of guanidine groups is 1. The molecule has 3 unspecified atom stereocenters. The molecule has 2 bridgehead atoms. The molecule has 3 atom stereocenters. The number of hydrogen-bond donors (Lipinski definition) is 1. The van der Waals surface area contributed by atoms with Crippen LogP contribution in [0, 0.1) is 11.8 Å². The summed E-state index contributed by atoms with van der Waals surface area (Å²) >= 11 is 0. The van der Waals surface area contributed by atoms with Crippen LogP contribution in [0.4, 0.5) is 0 Å². The summed E-state index contributed by atoms with van der Waals surface area (Å²) in [5.41, 5.74) is 0. The summed E-state index contributed by atoms with van der Waals surface area (Å²) in [4.78, 5) is 12.7. The van der Waals surface area contributed by atoms with Crippen molar-refractivity contribution in [1.82, 2.24) is 20.0 Å². The molecule has 126 valence electrons. The van der Waals surface area contributed by atoms with E-state index in [9.17, 15) is 0 Å². The van der Waals surface area contributed by atoms with Crippen molar-refractivity contribution in [3.8, 4) is 0 Å². The van der Waals surface area contributed by atoms with Crippen LogP contribution >= 0.6 is 0 Å². The van der Waals surface area contributed by atoms with Crippen LogP contribution < -0.4 is 5.32 Å². The zero-order valence-corrected chi connectivity index (χ0v) is 14.6. The Hall–Kier alpha value is -0.810. The van der Waals surface area contributed by atoms with Crippen LogP contribution in [-0.4, -0.2) is 85.6 Å². The highest BCUT2D eigenvalue weighted by Crippen LogP contribution is 2.21. The molecule has 0 aromatic heterocycles. The first-order chi connectivity index (χ1) is 10.7. The van der Waals surface area contributed by atoms with Gasteiger partial charge in [-0.25, -0.2) is 0 Å². The summed E-state index contributed by atoms with van der Waals surface area (Å²) in [6.45, 7) is 17.3. The average Bonchev–Trinajstić information content (AvgIpc) is 2.51. The van der Waals surface area contributed by atoms with E-state index in [-0.39, 0.29) is 0 Å². The molecule has 0 aromatic rings. The highest BCUT2D eigenvalue weighted by molar-refractivity contribution is 5.80. The van der Waals surface area contributed by atoms with Crippen LogP contribution in [0.5, 0.6) is 0 Å². The minimum Gasteiger partial charge on any atom is -0.357 e. The Morgan fingerprint density at radius 3 is 2.27 bits per heavy atom. The first-order valence-electron chi connectivity index (χ1n) is 9.15. The quantitative estimate of drug-likeness (QED) is 0.621. The fourth-order valence-electron chi connectivity index (χ4n) is 4.35. The van der Waals surface area contributed by atoms with Gasteiger partial charge in [0.2, 0.25) is 0 Å². The number of aliphatic imine (C=N–C) groups is 1. The summed E-state index contributed by atoms with van der Waals surface area (Å²) < 4.78 is 0. The SMILES string of the molecule is CCNC(=NCC1CN2CCN1CC2)N1CC(C)CC(C)C1. The van der Waals surface area contributed by atoms with E-state index in [0.29, 0.717) is 6.04 Å². The van der Waals surface area contributed by atoms with Crippen molar-refractivity contribution in [3.63, 3.8) is 0 Å². The Labute approximate surface area is 135 Å². The van der Waals surface area contributed by atoms with E-state index in [0.717, 1.165) is 44.0 Å². The van der Waals surface area contributed by atoms with E-state index in [1.807, 2.05) is 0 Å². The van der Waals surface area contributed by atoms with Crippen LogP contribution in [0.3, 0.4) is 0 Å². The highest BCUT2D eigenvalue weighted by Gasteiger charge is 2.32. The summed E-state index contributed by atoms with van der Waals surface area (Å²) in [7, 11) is 0. The second-order valence-electron chi connectivity index (χ2n) is 7.54. The fourth-order valence-corrected chi connectivity index (χ4v) is 4.35. The maximum Gasteiger partial charge on any atom is 0.193 e. The zero-order valence-electron chi connectivity index (χ0n) is 14.6. The lowest BCUT2D eigenvalue weighted by Gasteiger charge is -2.47. The maximum absolute atomic E-state index is 5.01. The van der Waals surface area contributed by atoms with Crippen LogP contribution in [0.25, 0.3) is 0 Å². The van der Waals surface area contributed by atoms with Gasteiger partial charge in [-0.15, -0.1) is 0 Å². The molecule has 4 aliphatic rings. The summed E-state index contributed by atoms with van der Waals surface area (Å²) in [5.74, 6) is 2.68. The third-order valence-corrected chi connectivity index (χ3v) is 5.35. The molecule has 5 nitrogen and oxygen atoms in total. The van der Waals surface area contributed by atoms with E-state index in [1.165, 1.54) is 39.1 Å². The largest absolute Gasteiger partial charge is 0.357 e. The minimum atomic E-state index is 0.621. The molecule has 4 aliphatic heterocycles. The minimum absolute atomic E-state index is 0.621. The van der Waals surface area contributed by atoms with E-state index in [2.05, 4.69) is 40.8 Å². The van der Waals surface area contributed by atoms with Crippen molar-refractivity contribution < 1.29 is 0 Å². The number of piperazine rings is 3. The predicted molar refractivity (Wildman–Crippen MR) is 92.3 cm³/mol. The molecule has 0 amide bonds. The molecule has 0 aliphatic carbocycles. The number of nitrogens with zero attached hydrogens (tertiary/aromatic N) is 4. The molecule has 4 saturated heterocycles. The molecule has 0 aromatic carbocycles. The summed E-state index contributed by atoms with van der Waals surface area (Å²) in [6.07, 6.45) is 1.35. The van der Waals surface area contributed by atoms with Gasteiger partial charge in [-0.05, 0) is 25.2 Å². The van der Waals surface area contributed by atoms with Crippen LogP contribution in [0.2, 0.25) is 0 Å². The lowest BCUT2D eigenvalue weighted by atomic mass is 9.92. The summed E-state index contributed by atoms with van der Waals surface area (Å²) in [6, 6.07) is 0.621. The molecule has 4 rings (SSSR count). The van der Waals surface area contributed by atoms with E-state index in [4.69, 9.17) is 4.99 Å². The van der Waals surface area contributed by atoms with Crippen molar-refractivity contribution in [2.75, 3.05) is 58.9 Å². The van der Waals surface area contributed by atoms with Crippen LogP contribution in [0.1, 0.15) is 27.2 Å². The van der Waals surface area contributed by atoms with Gasteiger partial charge in [0.1, 0.15) is 0 Å². The van der Waals surface area contributed by atoms with Gasteiger partial charge >= 0.3 is 0 Å². The van der Waals surface area contributed by atoms with Gasteiger partial charge in [-0.3, -0.25) is 14.8 Å². The van der Waals surface area contributed by atoms with Gasteiger partial charge in [-0.2, -0.15) is 0 Å². The molecule has 0 saturated carbocycles. The fraction of sp³-hybridized carbons (Fsp3) is 0.941. The Balaban J connectivity index is 1.62. The van der Waals surface area contributed by atoms with Gasteiger partial charge in [-0.1, -0.05) is 13.8 Å². The molecule has 22 heavy (non-hydrogen) atoms. The van der Waals surface area contributed by atoms with Crippen molar-refractivity contribution >= 4 is 5.96 Å². The zero-order chi connectivity index (χ0) is 15.5. The lowest BCUT2D eigenvalue weighted by Crippen LogP contribution is -2.62. The second-order valence-corrected chi connectivity index (χ2v) is 7.54.